The lowest BCUT2D eigenvalue weighted by molar-refractivity contribution is 0.401. The van der Waals surface area contributed by atoms with Gasteiger partial charge in [-0.2, -0.15) is 0 Å². The number of halogens is 1. The Morgan fingerprint density at radius 3 is 2.44 bits per heavy atom. The Morgan fingerprint density at radius 2 is 1.89 bits per heavy atom. The first-order valence-electron chi connectivity index (χ1n) is 6.33. The monoisotopic (exact) mass is 313 g/mol. The van der Waals surface area contributed by atoms with Gasteiger partial charge in [0.1, 0.15) is 0 Å². The van der Waals surface area contributed by atoms with E-state index < -0.39 is 0 Å². The number of hydrogen-bond donors (Lipinski definition) is 1. The lowest BCUT2D eigenvalue weighted by Crippen LogP contribution is -2.23. The first-order valence-corrected chi connectivity index (χ1v) is 7.12. The first kappa shape index (κ1) is 15.5. The normalized spacial score (nSPS) is 11.0. The van der Waals surface area contributed by atoms with E-state index in [9.17, 15) is 0 Å². The number of rotatable bonds is 7. The van der Waals surface area contributed by atoms with Crippen molar-refractivity contribution in [3.05, 3.63) is 28.2 Å². The second-order valence-corrected chi connectivity index (χ2v) is 5.75. The fourth-order valence-electron chi connectivity index (χ4n) is 1.92. The van der Waals surface area contributed by atoms with Gasteiger partial charge in [0.05, 0.1) is 5.69 Å². The summed E-state index contributed by atoms with van der Waals surface area (Å²) in [6.07, 6.45) is 1.17. The summed E-state index contributed by atoms with van der Waals surface area (Å²) in [6.45, 7) is 3.10. The number of anilines is 1. The molecular weight excluding hydrogens is 290 g/mol. The van der Waals surface area contributed by atoms with Crippen molar-refractivity contribution in [2.75, 3.05) is 46.2 Å². The first-order chi connectivity index (χ1) is 8.54. The Kier molecular flexibility index (Phi) is 6.68. The third-order valence-corrected chi connectivity index (χ3v) is 3.54. The standard InChI is InChI=1S/C14H24BrN3/c1-16-11-12-6-7-14(13(15)10-12)18(4)9-5-8-17(2)3/h6-7,10,16H,5,8-9,11H2,1-4H3. The molecule has 0 saturated carbocycles. The average molecular weight is 314 g/mol. The fraction of sp³-hybridized carbons (Fsp3) is 0.571. The van der Waals surface area contributed by atoms with E-state index in [0.29, 0.717) is 0 Å². The second-order valence-electron chi connectivity index (χ2n) is 4.89. The molecule has 18 heavy (non-hydrogen) atoms. The maximum absolute atomic E-state index is 3.66. The van der Waals surface area contributed by atoms with Crippen LogP contribution in [0.1, 0.15) is 12.0 Å². The molecule has 0 fully saturated rings. The highest BCUT2D eigenvalue weighted by Gasteiger charge is 2.06. The van der Waals surface area contributed by atoms with Crippen LogP contribution in [0, 0.1) is 0 Å². The SMILES string of the molecule is CNCc1ccc(N(C)CCCN(C)C)c(Br)c1. The van der Waals surface area contributed by atoms with Crippen LogP contribution < -0.4 is 10.2 Å². The van der Waals surface area contributed by atoms with Gasteiger partial charge in [0, 0.05) is 24.6 Å². The van der Waals surface area contributed by atoms with Crippen molar-refractivity contribution in [3.8, 4) is 0 Å². The highest BCUT2D eigenvalue weighted by atomic mass is 79.9. The summed E-state index contributed by atoms with van der Waals surface area (Å²) in [5.41, 5.74) is 2.56. The smallest absolute Gasteiger partial charge is 0.0508 e. The number of nitrogens with one attached hydrogen (secondary N) is 1. The molecule has 0 heterocycles. The van der Waals surface area contributed by atoms with E-state index in [4.69, 9.17) is 0 Å². The maximum atomic E-state index is 3.66. The third-order valence-electron chi connectivity index (χ3n) is 2.90. The Balaban J connectivity index is 2.59. The van der Waals surface area contributed by atoms with Crippen molar-refractivity contribution >= 4 is 21.6 Å². The molecule has 0 amide bonds. The Labute approximate surface area is 119 Å². The molecule has 4 heteroatoms. The zero-order valence-corrected chi connectivity index (χ0v) is 13.4. The van der Waals surface area contributed by atoms with Crippen LogP contribution in [0.25, 0.3) is 0 Å². The van der Waals surface area contributed by atoms with Crippen LogP contribution in [0.2, 0.25) is 0 Å². The van der Waals surface area contributed by atoms with Gasteiger partial charge in [0.25, 0.3) is 0 Å². The highest BCUT2D eigenvalue weighted by Crippen LogP contribution is 2.26. The summed E-state index contributed by atoms with van der Waals surface area (Å²) in [7, 11) is 8.34. The molecule has 0 aromatic heterocycles. The summed E-state index contributed by atoms with van der Waals surface area (Å²) < 4.78 is 1.17. The van der Waals surface area contributed by atoms with E-state index in [1.54, 1.807) is 0 Å². The summed E-state index contributed by atoms with van der Waals surface area (Å²) >= 11 is 3.66. The van der Waals surface area contributed by atoms with Crippen LogP contribution in [0.15, 0.2) is 22.7 Å². The van der Waals surface area contributed by atoms with E-state index in [1.165, 1.54) is 22.1 Å². The molecule has 0 aliphatic heterocycles. The zero-order chi connectivity index (χ0) is 13.5. The topological polar surface area (TPSA) is 18.5 Å². The molecule has 0 bridgehead atoms. The van der Waals surface area contributed by atoms with Gasteiger partial charge in [-0.1, -0.05) is 6.07 Å². The molecule has 1 aromatic carbocycles. The molecule has 0 unspecified atom stereocenters. The predicted octanol–water partition coefficient (Wildman–Crippen LogP) is 2.56. The summed E-state index contributed by atoms with van der Waals surface area (Å²) in [6, 6.07) is 6.56. The fourth-order valence-corrected chi connectivity index (χ4v) is 2.65. The molecule has 0 saturated heterocycles. The second kappa shape index (κ2) is 7.77. The molecule has 102 valence electrons. The lowest BCUT2D eigenvalue weighted by atomic mass is 10.2. The van der Waals surface area contributed by atoms with Crippen molar-refractivity contribution in [1.82, 2.24) is 10.2 Å². The zero-order valence-electron chi connectivity index (χ0n) is 11.8. The third kappa shape index (κ3) is 4.96. The number of hydrogen-bond acceptors (Lipinski definition) is 3. The summed E-state index contributed by atoms with van der Waals surface area (Å²) in [4.78, 5) is 4.52. The van der Waals surface area contributed by atoms with Crippen LogP contribution in [0.3, 0.4) is 0 Å². The van der Waals surface area contributed by atoms with Gasteiger partial charge in [0.15, 0.2) is 0 Å². The summed E-state index contributed by atoms with van der Waals surface area (Å²) in [5.74, 6) is 0. The Morgan fingerprint density at radius 1 is 1.17 bits per heavy atom. The van der Waals surface area contributed by atoms with Crippen molar-refractivity contribution in [1.29, 1.82) is 0 Å². The molecule has 0 aliphatic rings. The molecule has 1 rings (SSSR count). The Bertz CT molecular complexity index is 366. The maximum Gasteiger partial charge on any atom is 0.0508 e. The van der Waals surface area contributed by atoms with Crippen LogP contribution in [-0.4, -0.2) is 46.2 Å². The Hall–Kier alpha value is -0.580. The number of nitrogens with zero attached hydrogens (tertiary/aromatic N) is 2. The van der Waals surface area contributed by atoms with E-state index in [1.807, 2.05) is 7.05 Å². The van der Waals surface area contributed by atoms with Crippen LogP contribution in [-0.2, 0) is 6.54 Å². The molecule has 0 atom stereocenters. The van der Waals surface area contributed by atoms with E-state index in [0.717, 1.165) is 19.6 Å². The van der Waals surface area contributed by atoms with E-state index in [-0.39, 0.29) is 0 Å². The van der Waals surface area contributed by atoms with Crippen LogP contribution in [0.4, 0.5) is 5.69 Å². The molecule has 0 radical (unpaired) electrons. The molecule has 0 aliphatic carbocycles. The van der Waals surface area contributed by atoms with Gasteiger partial charge in [0.2, 0.25) is 0 Å². The predicted molar refractivity (Wildman–Crippen MR) is 83.3 cm³/mol. The van der Waals surface area contributed by atoms with Crippen molar-refractivity contribution < 1.29 is 0 Å². The van der Waals surface area contributed by atoms with Gasteiger partial charge < -0.3 is 15.1 Å². The minimum absolute atomic E-state index is 0.906. The summed E-state index contributed by atoms with van der Waals surface area (Å²) in [5, 5.41) is 3.17. The van der Waals surface area contributed by atoms with Gasteiger partial charge in [-0.25, -0.2) is 0 Å². The van der Waals surface area contributed by atoms with Gasteiger partial charge >= 0.3 is 0 Å². The molecule has 0 spiro atoms. The number of benzene rings is 1. The van der Waals surface area contributed by atoms with Gasteiger partial charge in [-0.15, -0.1) is 0 Å². The molecule has 1 N–H and O–H groups in total. The quantitative estimate of drug-likeness (QED) is 0.834. The minimum Gasteiger partial charge on any atom is -0.374 e. The van der Waals surface area contributed by atoms with Crippen molar-refractivity contribution in [2.24, 2.45) is 0 Å². The van der Waals surface area contributed by atoms with Crippen molar-refractivity contribution in [3.63, 3.8) is 0 Å². The van der Waals surface area contributed by atoms with Gasteiger partial charge in [-0.3, -0.25) is 0 Å². The van der Waals surface area contributed by atoms with E-state index >= 15 is 0 Å². The molecular formula is C14H24BrN3. The minimum atomic E-state index is 0.906. The van der Waals surface area contributed by atoms with Crippen LogP contribution >= 0.6 is 15.9 Å². The largest absolute Gasteiger partial charge is 0.374 e. The van der Waals surface area contributed by atoms with E-state index in [2.05, 4.69) is 70.4 Å². The molecule has 1 aromatic rings. The van der Waals surface area contributed by atoms with Crippen molar-refractivity contribution in [2.45, 2.75) is 13.0 Å². The molecule has 3 nitrogen and oxygen atoms in total. The lowest BCUT2D eigenvalue weighted by Gasteiger charge is -2.22. The van der Waals surface area contributed by atoms with Gasteiger partial charge in [-0.05, 0) is 67.7 Å². The van der Waals surface area contributed by atoms with Crippen LogP contribution in [0.5, 0.6) is 0 Å². The highest BCUT2D eigenvalue weighted by molar-refractivity contribution is 9.10. The average Bonchev–Trinajstić information content (AvgIpc) is 2.28.